The highest BCUT2D eigenvalue weighted by atomic mass is 32.2. The van der Waals surface area contributed by atoms with Crippen molar-refractivity contribution in [1.29, 1.82) is 0 Å². The molecule has 1 aliphatic carbocycles. The van der Waals surface area contributed by atoms with E-state index in [4.69, 9.17) is 15.5 Å². The number of hydrogen-bond acceptors (Lipinski definition) is 5. The summed E-state index contributed by atoms with van der Waals surface area (Å²) in [6, 6.07) is 4.69. The maximum absolute atomic E-state index is 14.8. The highest BCUT2D eigenvalue weighted by Crippen LogP contribution is 2.49. The minimum Gasteiger partial charge on any atom is -0.444 e. The fourth-order valence-corrected chi connectivity index (χ4v) is 5.10. The molecule has 0 bridgehead atoms. The molecule has 0 radical (unpaired) electrons. The van der Waals surface area contributed by atoms with Crippen LogP contribution in [0.25, 0.3) is 0 Å². The van der Waals surface area contributed by atoms with Crippen LogP contribution in [0.4, 0.5) is 14.9 Å². The van der Waals surface area contributed by atoms with E-state index in [0.717, 1.165) is 37.9 Å². The standard InChI is InChI=1S/C20H28FN3O2S/c1-19(2,3)26-18(25)23-17-24-20(15-11-14(22)8-9-16(15)21)10-6-4-5-7-13(20)12-27-17/h8-9,11,13H,4-7,10,12,22H2,1-3H3,(H,23,24,25)/t13-,20?/m0/s1. The molecule has 7 heteroatoms. The number of carbonyl (C=O) groups excluding carboxylic acids is 1. The Morgan fingerprint density at radius 2 is 2.15 bits per heavy atom. The average molecular weight is 394 g/mol. The number of halogens is 1. The van der Waals surface area contributed by atoms with Crippen molar-refractivity contribution < 1.29 is 13.9 Å². The minimum absolute atomic E-state index is 0.213. The highest BCUT2D eigenvalue weighted by Gasteiger charge is 2.45. The fourth-order valence-electron chi connectivity index (χ4n) is 3.91. The van der Waals surface area contributed by atoms with Gasteiger partial charge in [0.25, 0.3) is 0 Å². The molecule has 1 aliphatic heterocycles. The third-order valence-electron chi connectivity index (χ3n) is 5.07. The lowest BCUT2D eigenvalue weighted by atomic mass is 9.75. The van der Waals surface area contributed by atoms with Crippen LogP contribution >= 0.6 is 11.8 Å². The summed E-state index contributed by atoms with van der Waals surface area (Å²) >= 11 is 1.50. The molecule has 1 fully saturated rings. The zero-order valence-electron chi connectivity index (χ0n) is 16.2. The topological polar surface area (TPSA) is 76.7 Å². The molecule has 0 saturated heterocycles. The molecule has 2 aliphatic rings. The molecule has 1 unspecified atom stereocenters. The van der Waals surface area contributed by atoms with E-state index in [-0.39, 0.29) is 11.7 Å². The van der Waals surface area contributed by atoms with Gasteiger partial charge in [0.2, 0.25) is 0 Å². The number of carbonyl (C=O) groups is 1. The number of fused-ring (bicyclic) bond motifs is 1. The maximum Gasteiger partial charge on any atom is 0.413 e. The predicted octanol–water partition coefficient (Wildman–Crippen LogP) is 4.81. The molecule has 3 rings (SSSR count). The van der Waals surface area contributed by atoms with Crippen molar-refractivity contribution in [3.63, 3.8) is 0 Å². The van der Waals surface area contributed by atoms with Gasteiger partial charge < -0.3 is 10.5 Å². The van der Waals surface area contributed by atoms with Gasteiger partial charge in [0.15, 0.2) is 5.17 Å². The van der Waals surface area contributed by atoms with Crippen molar-refractivity contribution in [1.82, 2.24) is 5.32 Å². The number of benzene rings is 1. The van der Waals surface area contributed by atoms with Crippen molar-refractivity contribution in [2.24, 2.45) is 10.9 Å². The molecule has 1 heterocycles. The number of alkyl carbamates (subject to hydrolysis) is 1. The van der Waals surface area contributed by atoms with Gasteiger partial charge in [-0.1, -0.05) is 31.0 Å². The first-order chi connectivity index (χ1) is 12.7. The van der Waals surface area contributed by atoms with Crippen molar-refractivity contribution in [3.05, 3.63) is 29.6 Å². The number of nitrogens with zero attached hydrogens (tertiary/aromatic N) is 1. The summed E-state index contributed by atoms with van der Waals surface area (Å²) < 4.78 is 20.2. The first-order valence-electron chi connectivity index (χ1n) is 9.48. The van der Waals surface area contributed by atoms with Crippen LogP contribution in [0.15, 0.2) is 23.2 Å². The summed E-state index contributed by atoms with van der Waals surface area (Å²) in [5.74, 6) is 0.705. The van der Waals surface area contributed by atoms with Crippen molar-refractivity contribution in [2.75, 3.05) is 11.5 Å². The summed E-state index contributed by atoms with van der Waals surface area (Å²) in [5, 5.41) is 3.25. The number of hydrogen-bond donors (Lipinski definition) is 2. The van der Waals surface area contributed by atoms with E-state index in [1.807, 2.05) is 20.8 Å². The molecule has 1 aromatic carbocycles. The maximum atomic E-state index is 14.8. The largest absolute Gasteiger partial charge is 0.444 e. The van der Waals surface area contributed by atoms with Gasteiger partial charge in [-0.2, -0.15) is 0 Å². The first kappa shape index (κ1) is 20.0. The number of nitrogen functional groups attached to an aromatic ring is 1. The third-order valence-corrected chi connectivity index (χ3v) is 6.11. The van der Waals surface area contributed by atoms with Crippen LogP contribution in [0.5, 0.6) is 0 Å². The van der Waals surface area contributed by atoms with Gasteiger partial charge in [0.05, 0.1) is 5.54 Å². The van der Waals surface area contributed by atoms with Crippen molar-refractivity contribution in [2.45, 2.75) is 64.0 Å². The highest BCUT2D eigenvalue weighted by molar-refractivity contribution is 8.13. The predicted molar refractivity (Wildman–Crippen MR) is 108 cm³/mol. The number of ether oxygens (including phenoxy) is 1. The lowest BCUT2D eigenvalue weighted by molar-refractivity contribution is 0.0563. The van der Waals surface area contributed by atoms with Crippen LogP contribution in [0.1, 0.15) is 58.4 Å². The Bertz CT molecular complexity index is 747. The van der Waals surface area contributed by atoms with E-state index in [1.165, 1.54) is 17.8 Å². The zero-order chi connectivity index (χ0) is 19.7. The number of rotatable bonds is 1. The van der Waals surface area contributed by atoms with Crippen LogP contribution < -0.4 is 11.1 Å². The Morgan fingerprint density at radius 3 is 2.89 bits per heavy atom. The molecule has 1 saturated carbocycles. The first-order valence-corrected chi connectivity index (χ1v) is 10.5. The van der Waals surface area contributed by atoms with E-state index in [2.05, 4.69) is 5.32 Å². The van der Waals surface area contributed by atoms with Crippen LogP contribution in [0.3, 0.4) is 0 Å². The average Bonchev–Trinajstić information content (AvgIpc) is 2.78. The van der Waals surface area contributed by atoms with Crippen molar-refractivity contribution >= 4 is 28.7 Å². The SMILES string of the molecule is CC(C)(C)OC(=O)NC1=NC2(c3cc(N)ccc3F)CCCCC[C@H]2CS1. The Kier molecular flexibility index (Phi) is 5.70. The molecular formula is C20H28FN3O2S. The van der Waals surface area contributed by atoms with E-state index in [0.29, 0.717) is 16.4 Å². The van der Waals surface area contributed by atoms with Crippen LogP contribution in [0.2, 0.25) is 0 Å². The summed E-state index contributed by atoms with van der Waals surface area (Å²) in [4.78, 5) is 17.1. The monoisotopic (exact) mass is 393 g/mol. The molecule has 0 spiro atoms. The molecule has 27 heavy (non-hydrogen) atoms. The smallest absolute Gasteiger partial charge is 0.413 e. The van der Waals surface area contributed by atoms with Gasteiger partial charge in [-0.15, -0.1) is 0 Å². The van der Waals surface area contributed by atoms with Crippen LogP contribution in [-0.4, -0.2) is 22.6 Å². The lowest BCUT2D eigenvalue weighted by Crippen LogP contribution is -2.44. The second-order valence-corrected chi connectivity index (χ2v) is 9.32. The zero-order valence-corrected chi connectivity index (χ0v) is 17.0. The number of anilines is 1. The third kappa shape index (κ3) is 4.57. The second kappa shape index (κ2) is 7.70. The molecular weight excluding hydrogens is 365 g/mol. The Morgan fingerprint density at radius 1 is 1.37 bits per heavy atom. The van der Waals surface area contributed by atoms with Crippen molar-refractivity contribution in [3.8, 4) is 0 Å². The minimum atomic E-state index is -0.689. The van der Waals surface area contributed by atoms with E-state index < -0.39 is 17.2 Å². The van der Waals surface area contributed by atoms with Gasteiger partial charge in [0, 0.05) is 17.0 Å². The van der Waals surface area contributed by atoms with Gasteiger partial charge in [-0.05, 0) is 57.7 Å². The number of thioether (sulfide) groups is 1. The molecule has 2 atom stereocenters. The van der Waals surface area contributed by atoms with Crippen LogP contribution in [0, 0.1) is 11.7 Å². The molecule has 1 aromatic rings. The number of amidine groups is 1. The summed E-state index contributed by atoms with van der Waals surface area (Å²) in [6.45, 7) is 5.44. The molecule has 148 valence electrons. The van der Waals surface area contributed by atoms with Gasteiger partial charge >= 0.3 is 6.09 Å². The van der Waals surface area contributed by atoms with E-state index in [1.54, 1.807) is 12.1 Å². The Labute approximate surface area is 164 Å². The summed E-state index contributed by atoms with van der Waals surface area (Å²) in [7, 11) is 0. The molecule has 0 aromatic heterocycles. The Hall–Kier alpha value is -1.76. The second-order valence-electron chi connectivity index (χ2n) is 8.31. The number of amides is 1. The normalized spacial score (nSPS) is 25.8. The molecule has 5 nitrogen and oxygen atoms in total. The lowest BCUT2D eigenvalue weighted by Gasteiger charge is -2.40. The van der Waals surface area contributed by atoms with E-state index in [9.17, 15) is 9.18 Å². The Balaban J connectivity index is 1.98. The van der Waals surface area contributed by atoms with Gasteiger partial charge in [-0.25, -0.2) is 9.18 Å². The summed E-state index contributed by atoms with van der Waals surface area (Å²) in [6.07, 6.45) is 4.39. The quantitative estimate of drug-likeness (QED) is 0.671. The molecule has 1 amide bonds. The molecule has 3 N–H and O–H groups in total. The van der Waals surface area contributed by atoms with Gasteiger partial charge in [0.1, 0.15) is 11.4 Å². The van der Waals surface area contributed by atoms with Gasteiger partial charge in [-0.3, -0.25) is 10.3 Å². The number of nitrogens with one attached hydrogen (secondary N) is 1. The van der Waals surface area contributed by atoms with E-state index >= 15 is 0 Å². The number of nitrogens with two attached hydrogens (primary N) is 1. The van der Waals surface area contributed by atoms with Crippen LogP contribution in [-0.2, 0) is 10.3 Å². The fraction of sp³-hybridized carbons (Fsp3) is 0.600. The summed E-state index contributed by atoms with van der Waals surface area (Å²) in [5.41, 5.74) is 5.75. The number of aliphatic imine (C=N–C) groups is 1.